The lowest BCUT2D eigenvalue weighted by atomic mass is 9.99. The van der Waals surface area contributed by atoms with Gasteiger partial charge in [0.25, 0.3) is 5.56 Å². The highest BCUT2D eigenvalue weighted by atomic mass is 16.6. The van der Waals surface area contributed by atoms with Crippen molar-refractivity contribution in [2.45, 2.75) is 104 Å². The Morgan fingerprint density at radius 1 is 1.02 bits per heavy atom. The SMILES string of the molecule is CC[C@@H](C)[C@H](NC(=O)Cn1cccc(NC(=O)C(CC/C=C/C(=O)O)NC(=O)OC(C)(C)C)c1=O)C(=O)OC(C)(C)C. The van der Waals surface area contributed by atoms with Crippen LogP contribution >= 0.6 is 0 Å². The molecule has 3 atom stereocenters. The third-order valence-corrected chi connectivity index (χ3v) is 5.67. The molecule has 0 aliphatic heterocycles. The highest BCUT2D eigenvalue weighted by Gasteiger charge is 2.31. The van der Waals surface area contributed by atoms with Crippen molar-refractivity contribution in [2.24, 2.45) is 5.92 Å². The summed E-state index contributed by atoms with van der Waals surface area (Å²) in [6, 6.07) is 0.706. The number of alkyl carbamates (subject to hydrolysis) is 1. The highest BCUT2D eigenvalue weighted by molar-refractivity contribution is 5.96. The number of carbonyl (C=O) groups is 5. The fourth-order valence-corrected chi connectivity index (χ4v) is 3.55. The van der Waals surface area contributed by atoms with Gasteiger partial charge in [-0.3, -0.25) is 14.4 Å². The molecule has 1 rings (SSSR count). The van der Waals surface area contributed by atoms with E-state index in [2.05, 4.69) is 16.0 Å². The standard InChI is InChI=1S/C29H44N4O9/c1-9-18(2)23(26(39)41-28(3,4)5)32-21(34)17-33-16-12-14-20(25(33)38)30-24(37)19(13-10-11-15-22(35)36)31-27(40)42-29(6,7)8/h11-12,14-16,18-19,23H,9-10,13,17H2,1-8H3,(H,30,37)(H,31,40)(H,32,34)(H,35,36)/b15-11+/t18-,19?,23+/m1/s1. The van der Waals surface area contributed by atoms with Crippen molar-refractivity contribution in [3.63, 3.8) is 0 Å². The van der Waals surface area contributed by atoms with Gasteiger partial charge in [0.05, 0.1) is 0 Å². The molecule has 0 aromatic carbocycles. The molecule has 3 amide bonds. The quantitative estimate of drug-likeness (QED) is 0.198. The molecule has 1 heterocycles. The number of aliphatic carboxylic acids is 1. The number of carbonyl (C=O) groups excluding carboxylic acids is 4. The molecule has 4 N–H and O–H groups in total. The lowest BCUT2D eigenvalue weighted by Crippen LogP contribution is -2.49. The Morgan fingerprint density at radius 2 is 1.64 bits per heavy atom. The zero-order chi connectivity index (χ0) is 32.3. The molecule has 1 unspecified atom stereocenters. The summed E-state index contributed by atoms with van der Waals surface area (Å²) in [7, 11) is 0. The van der Waals surface area contributed by atoms with Gasteiger partial charge >= 0.3 is 18.0 Å². The summed E-state index contributed by atoms with van der Waals surface area (Å²) in [5.74, 6) is -3.32. The molecule has 234 valence electrons. The molecule has 0 spiro atoms. The number of anilines is 1. The van der Waals surface area contributed by atoms with Crippen LogP contribution in [-0.4, -0.2) is 62.8 Å². The average Bonchev–Trinajstić information content (AvgIpc) is 2.83. The monoisotopic (exact) mass is 592 g/mol. The fourth-order valence-electron chi connectivity index (χ4n) is 3.55. The van der Waals surface area contributed by atoms with E-state index in [0.29, 0.717) is 6.42 Å². The third kappa shape index (κ3) is 13.5. The van der Waals surface area contributed by atoms with E-state index in [1.807, 2.05) is 6.92 Å². The lowest BCUT2D eigenvalue weighted by Gasteiger charge is -2.27. The van der Waals surface area contributed by atoms with Crippen molar-refractivity contribution >= 4 is 35.5 Å². The number of rotatable bonds is 13. The number of nitrogens with zero attached hydrogens (tertiary/aromatic N) is 1. The van der Waals surface area contributed by atoms with Gasteiger partial charge < -0.3 is 35.1 Å². The number of carboxylic acids is 1. The predicted octanol–water partition coefficient (Wildman–Crippen LogP) is 2.97. The molecule has 0 radical (unpaired) electrons. The van der Waals surface area contributed by atoms with Crippen molar-refractivity contribution in [1.82, 2.24) is 15.2 Å². The maximum absolute atomic E-state index is 13.1. The number of hydrogen-bond acceptors (Lipinski definition) is 8. The number of carboxylic acid groups (broad SMARTS) is 1. The maximum atomic E-state index is 13.1. The van der Waals surface area contributed by atoms with Gasteiger partial charge in [0, 0.05) is 12.3 Å². The van der Waals surface area contributed by atoms with Gasteiger partial charge in [-0.25, -0.2) is 14.4 Å². The van der Waals surface area contributed by atoms with Crippen molar-refractivity contribution in [2.75, 3.05) is 5.32 Å². The molecule has 42 heavy (non-hydrogen) atoms. The van der Waals surface area contributed by atoms with Gasteiger partial charge in [-0.15, -0.1) is 0 Å². The largest absolute Gasteiger partial charge is 0.478 e. The number of ether oxygens (including phenoxy) is 2. The molecule has 0 aliphatic carbocycles. The molecule has 0 saturated heterocycles. The van der Waals surface area contributed by atoms with Crippen LogP contribution in [0.4, 0.5) is 10.5 Å². The molecule has 0 fully saturated rings. The fraction of sp³-hybridized carbons (Fsp3) is 0.586. The van der Waals surface area contributed by atoms with Crippen LogP contribution in [0.25, 0.3) is 0 Å². The first kappa shape index (κ1) is 35.9. The lowest BCUT2D eigenvalue weighted by molar-refractivity contribution is -0.160. The van der Waals surface area contributed by atoms with Crippen LogP contribution in [0.5, 0.6) is 0 Å². The van der Waals surface area contributed by atoms with Gasteiger partial charge in [0.15, 0.2) is 0 Å². The van der Waals surface area contributed by atoms with Crippen LogP contribution in [0.2, 0.25) is 0 Å². The van der Waals surface area contributed by atoms with Gasteiger partial charge in [0.2, 0.25) is 11.8 Å². The van der Waals surface area contributed by atoms with Gasteiger partial charge in [-0.2, -0.15) is 0 Å². The van der Waals surface area contributed by atoms with Crippen molar-refractivity contribution < 1.29 is 38.6 Å². The van der Waals surface area contributed by atoms with E-state index in [-0.39, 0.29) is 24.4 Å². The molecular formula is C29H44N4O9. The van der Waals surface area contributed by atoms with Crippen LogP contribution in [0.1, 0.15) is 74.7 Å². The van der Waals surface area contributed by atoms with E-state index in [1.54, 1.807) is 48.5 Å². The molecule has 0 aliphatic rings. The Labute approximate surface area is 246 Å². The Bertz CT molecular complexity index is 1210. The van der Waals surface area contributed by atoms with Crippen molar-refractivity contribution in [3.8, 4) is 0 Å². The minimum Gasteiger partial charge on any atom is -0.478 e. The smallest absolute Gasteiger partial charge is 0.408 e. The van der Waals surface area contributed by atoms with Gasteiger partial charge in [-0.1, -0.05) is 26.3 Å². The molecule has 0 bridgehead atoms. The average molecular weight is 593 g/mol. The van der Waals surface area contributed by atoms with E-state index in [9.17, 15) is 28.8 Å². The van der Waals surface area contributed by atoms with Gasteiger partial charge in [-0.05, 0) is 72.4 Å². The second-order valence-corrected chi connectivity index (χ2v) is 11.8. The first-order valence-electron chi connectivity index (χ1n) is 13.7. The molecule has 1 aromatic heterocycles. The minimum atomic E-state index is -1.17. The highest BCUT2D eigenvalue weighted by Crippen LogP contribution is 2.15. The van der Waals surface area contributed by atoms with Crippen LogP contribution in [0, 0.1) is 5.92 Å². The zero-order valence-electron chi connectivity index (χ0n) is 25.6. The summed E-state index contributed by atoms with van der Waals surface area (Å²) in [5.41, 5.74) is -2.43. The Morgan fingerprint density at radius 3 is 2.19 bits per heavy atom. The Hall–Kier alpha value is -4.16. The third-order valence-electron chi connectivity index (χ3n) is 5.67. The topological polar surface area (TPSA) is 182 Å². The summed E-state index contributed by atoms with van der Waals surface area (Å²) in [5, 5.41) is 16.3. The number of hydrogen-bond donors (Lipinski definition) is 4. The van der Waals surface area contributed by atoms with Crippen LogP contribution < -0.4 is 21.5 Å². The van der Waals surface area contributed by atoms with Crippen molar-refractivity contribution in [3.05, 3.63) is 40.8 Å². The molecule has 13 nitrogen and oxygen atoms in total. The first-order valence-corrected chi connectivity index (χ1v) is 13.7. The van der Waals surface area contributed by atoms with Crippen molar-refractivity contribution in [1.29, 1.82) is 0 Å². The van der Waals surface area contributed by atoms with Crippen LogP contribution in [-0.2, 0) is 35.2 Å². The molecule has 1 aromatic rings. The number of pyridine rings is 1. The maximum Gasteiger partial charge on any atom is 0.408 e. The van der Waals surface area contributed by atoms with Crippen LogP contribution in [0.3, 0.4) is 0 Å². The second kappa shape index (κ2) is 15.7. The summed E-state index contributed by atoms with van der Waals surface area (Å²) in [6.45, 7) is 13.4. The number of nitrogens with one attached hydrogen (secondary N) is 3. The molecule has 0 saturated carbocycles. The van der Waals surface area contributed by atoms with E-state index >= 15 is 0 Å². The van der Waals surface area contributed by atoms with Gasteiger partial charge in [0.1, 0.15) is 35.5 Å². The van der Waals surface area contributed by atoms with E-state index in [1.165, 1.54) is 24.4 Å². The number of amides is 3. The first-order chi connectivity index (χ1) is 19.3. The normalized spacial score (nSPS) is 13.9. The zero-order valence-corrected chi connectivity index (χ0v) is 25.6. The van der Waals surface area contributed by atoms with E-state index in [0.717, 1.165) is 10.6 Å². The van der Waals surface area contributed by atoms with Crippen LogP contribution in [0.15, 0.2) is 35.3 Å². The Kier molecular flexibility index (Phi) is 13.4. The molecule has 13 heteroatoms. The molecular weight excluding hydrogens is 548 g/mol. The summed E-state index contributed by atoms with van der Waals surface area (Å²) in [6.07, 6.45) is 3.48. The van der Waals surface area contributed by atoms with E-state index in [4.69, 9.17) is 14.6 Å². The number of esters is 1. The minimum absolute atomic E-state index is 0.0138. The predicted molar refractivity (Wildman–Crippen MR) is 156 cm³/mol. The summed E-state index contributed by atoms with van der Waals surface area (Å²) < 4.78 is 11.7. The second-order valence-electron chi connectivity index (χ2n) is 11.8. The number of allylic oxidation sites excluding steroid dienone is 1. The number of aromatic nitrogens is 1. The Balaban J connectivity index is 3.09. The summed E-state index contributed by atoms with van der Waals surface area (Å²) >= 11 is 0. The summed E-state index contributed by atoms with van der Waals surface area (Å²) in [4.78, 5) is 74.8. The van der Waals surface area contributed by atoms with E-state index < -0.39 is 65.2 Å².